The van der Waals surface area contributed by atoms with Crippen molar-refractivity contribution >= 4 is 17.4 Å². The van der Waals surface area contributed by atoms with E-state index in [2.05, 4.69) is 21.4 Å². The molecule has 0 saturated heterocycles. The maximum atomic E-state index is 5.85. The Morgan fingerprint density at radius 3 is 3.00 bits per heavy atom. The van der Waals surface area contributed by atoms with Crippen LogP contribution < -0.4 is 5.32 Å². The van der Waals surface area contributed by atoms with E-state index < -0.39 is 0 Å². The quantitative estimate of drug-likeness (QED) is 0.473. The number of allylic oxidation sites excluding steroid dienone is 1. The minimum absolute atomic E-state index is 0.508. The Morgan fingerprint density at radius 1 is 1.50 bits per heavy atom. The number of rotatable bonds is 4. The third-order valence-corrected chi connectivity index (χ3v) is 2.24. The molecule has 0 aromatic carbocycles. The molecule has 14 heavy (non-hydrogen) atoms. The van der Waals surface area contributed by atoms with Gasteiger partial charge in [-0.05, 0) is 20.3 Å². The van der Waals surface area contributed by atoms with Gasteiger partial charge >= 0.3 is 0 Å². The largest absolute Gasteiger partial charge is 0.369 e. The molecule has 0 spiro atoms. The zero-order valence-corrected chi connectivity index (χ0v) is 9.17. The topological polar surface area (TPSA) is 37.8 Å². The predicted molar refractivity (Wildman–Crippen MR) is 59.7 cm³/mol. The van der Waals surface area contributed by atoms with E-state index in [0.29, 0.717) is 5.15 Å². The molecule has 0 aliphatic heterocycles. The zero-order valence-electron chi connectivity index (χ0n) is 8.42. The molecule has 1 aromatic heterocycles. The Bertz CT molecular complexity index is 323. The molecule has 0 aliphatic carbocycles. The lowest BCUT2D eigenvalue weighted by Gasteiger charge is -2.06. The Labute approximate surface area is 89.2 Å². The first-order valence-electron chi connectivity index (χ1n) is 4.58. The summed E-state index contributed by atoms with van der Waals surface area (Å²) in [5.41, 5.74) is 0.898. The van der Waals surface area contributed by atoms with Crippen LogP contribution in [0.3, 0.4) is 0 Å². The summed E-state index contributed by atoms with van der Waals surface area (Å²) in [5.74, 6) is 0.814. The third kappa shape index (κ3) is 3.00. The highest BCUT2D eigenvalue weighted by Gasteiger charge is 2.02. The molecule has 1 N–H and O–H groups in total. The fourth-order valence-electron chi connectivity index (χ4n) is 1.05. The predicted octanol–water partition coefficient (Wildman–Crippen LogP) is 2.82. The van der Waals surface area contributed by atoms with Crippen LogP contribution in [-0.2, 0) is 0 Å². The molecule has 0 saturated carbocycles. The molecule has 0 unspecified atom stereocenters. The molecule has 4 heteroatoms. The van der Waals surface area contributed by atoms with Crippen molar-refractivity contribution < 1.29 is 0 Å². The lowest BCUT2D eigenvalue weighted by Crippen LogP contribution is -2.04. The zero-order chi connectivity index (χ0) is 10.4. The van der Waals surface area contributed by atoms with E-state index >= 15 is 0 Å². The number of hydrogen-bond donors (Lipinski definition) is 1. The fraction of sp³-hybridized carbons (Fsp3) is 0.400. The van der Waals surface area contributed by atoms with E-state index in [1.54, 1.807) is 0 Å². The van der Waals surface area contributed by atoms with Crippen LogP contribution in [0.15, 0.2) is 18.5 Å². The van der Waals surface area contributed by atoms with Crippen LogP contribution in [0.25, 0.3) is 0 Å². The Morgan fingerprint density at radius 2 is 2.29 bits per heavy atom. The number of halogens is 1. The molecule has 1 rings (SSSR count). The van der Waals surface area contributed by atoms with Gasteiger partial charge in [-0.3, -0.25) is 0 Å². The number of aromatic nitrogens is 2. The van der Waals surface area contributed by atoms with Crippen molar-refractivity contribution in [3.05, 3.63) is 29.2 Å². The van der Waals surface area contributed by atoms with Gasteiger partial charge in [0.25, 0.3) is 0 Å². The number of nitrogens with zero attached hydrogens (tertiary/aromatic N) is 2. The second-order valence-corrected chi connectivity index (χ2v) is 3.28. The molecule has 0 bridgehead atoms. The van der Waals surface area contributed by atoms with Crippen LogP contribution in [0, 0.1) is 6.92 Å². The highest BCUT2D eigenvalue weighted by molar-refractivity contribution is 6.30. The van der Waals surface area contributed by atoms with Crippen LogP contribution in [0.1, 0.15) is 18.9 Å². The average Bonchev–Trinajstić information content (AvgIpc) is 2.19. The third-order valence-electron chi connectivity index (χ3n) is 1.86. The normalized spacial score (nSPS) is 10.8. The second kappa shape index (κ2) is 5.60. The summed E-state index contributed by atoms with van der Waals surface area (Å²) in [5, 5.41) is 3.71. The molecule has 3 nitrogen and oxygen atoms in total. The van der Waals surface area contributed by atoms with Gasteiger partial charge in [-0.15, -0.1) is 0 Å². The minimum atomic E-state index is 0.508. The Kier molecular flexibility index (Phi) is 4.40. The van der Waals surface area contributed by atoms with Crippen LogP contribution in [0.5, 0.6) is 0 Å². The first-order chi connectivity index (χ1) is 6.75. The summed E-state index contributed by atoms with van der Waals surface area (Å²) < 4.78 is 0. The molecule has 1 heterocycles. The van der Waals surface area contributed by atoms with E-state index in [1.165, 1.54) is 6.33 Å². The summed E-state index contributed by atoms with van der Waals surface area (Å²) in [6, 6.07) is 0. The molecule has 76 valence electrons. The van der Waals surface area contributed by atoms with Crippen molar-refractivity contribution in [2.75, 3.05) is 11.9 Å². The van der Waals surface area contributed by atoms with Gasteiger partial charge in [0.1, 0.15) is 17.3 Å². The highest BCUT2D eigenvalue weighted by Crippen LogP contribution is 2.17. The van der Waals surface area contributed by atoms with Gasteiger partial charge in [-0.2, -0.15) is 0 Å². The van der Waals surface area contributed by atoms with Gasteiger partial charge in [0, 0.05) is 12.1 Å². The number of anilines is 1. The van der Waals surface area contributed by atoms with Gasteiger partial charge in [0.05, 0.1) is 0 Å². The first-order valence-corrected chi connectivity index (χ1v) is 4.95. The first kappa shape index (κ1) is 11.0. The highest BCUT2D eigenvalue weighted by atomic mass is 35.5. The van der Waals surface area contributed by atoms with E-state index in [4.69, 9.17) is 11.6 Å². The van der Waals surface area contributed by atoms with E-state index in [9.17, 15) is 0 Å². The van der Waals surface area contributed by atoms with Gasteiger partial charge in [-0.1, -0.05) is 23.8 Å². The maximum Gasteiger partial charge on any atom is 0.137 e. The van der Waals surface area contributed by atoms with Crippen LogP contribution in [0.4, 0.5) is 5.82 Å². The van der Waals surface area contributed by atoms with Crippen molar-refractivity contribution in [1.29, 1.82) is 0 Å². The summed E-state index contributed by atoms with van der Waals surface area (Å²) in [7, 11) is 0. The molecular formula is C10H14ClN3. The number of nitrogens with one attached hydrogen (secondary N) is 1. The summed E-state index contributed by atoms with van der Waals surface area (Å²) in [4.78, 5) is 7.99. The van der Waals surface area contributed by atoms with Gasteiger partial charge in [0.15, 0.2) is 0 Å². The summed E-state index contributed by atoms with van der Waals surface area (Å²) in [6.45, 7) is 4.77. The maximum absolute atomic E-state index is 5.85. The minimum Gasteiger partial charge on any atom is -0.369 e. The van der Waals surface area contributed by atoms with Crippen molar-refractivity contribution in [1.82, 2.24) is 9.97 Å². The van der Waals surface area contributed by atoms with Crippen molar-refractivity contribution in [2.24, 2.45) is 0 Å². The second-order valence-electron chi connectivity index (χ2n) is 2.92. The van der Waals surface area contributed by atoms with Gasteiger partial charge in [-0.25, -0.2) is 9.97 Å². The Balaban J connectivity index is 2.54. The standard InChI is InChI=1S/C10H14ClN3/c1-3-4-5-6-12-10-8(2)9(11)13-7-14-10/h3-4,7H,5-6H2,1-2H3,(H,12,13,14)/b4-3+. The van der Waals surface area contributed by atoms with Crippen LogP contribution >= 0.6 is 11.6 Å². The molecule has 0 fully saturated rings. The van der Waals surface area contributed by atoms with Gasteiger partial charge < -0.3 is 5.32 Å². The monoisotopic (exact) mass is 211 g/mol. The van der Waals surface area contributed by atoms with Crippen LogP contribution in [-0.4, -0.2) is 16.5 Å². The van der Waals surface area contributed by atoms with Gasteiger partial charge in [0.2, 0.25) is 0 Å². The molecule has 0 atom stereocenters. The van der Waals surface area contributed by atoms with Crippen LogP contribution in [0.2, 0.25) is 5.15 Å². The van der Waals surface area contributed by atoms with Crippen molar-refractivity contribution in [2.45, 2.75) is 20.3 Å². The smallest absolute Gasteiger partial charge is 0.137 e. The van der Waals surface area contributed by atoms with Crippen molar-refractivity contribution in [3.8, 4) is 0 Å². The summed E-state index contributed by atoms with van der Waals surface area (Å²) >= 11 is 5.85. The molecular weight excluding hydrogens is 198 g/mol. The average molecular weight is 212 g/mol. The lowest BCUT2D eigenvalue weighted by molar-refractivity contribution is 1.02. The molecule has 0 aliphatic rings. The molecule has 0 radical (unpaired) electrons. The Hall–Kier alpha value is -1.09. The SMILES string of the molecule is C/C=C/CCNc1ncnc(Cl)c1C. The molecule has 1 aromatic rings. The fourth-order valence-corrected chi connectivity index (χ4v) is 1.18. The van der Waals surface area contributed by atoms with E-state index in [-0.39, 0.29) is 0 Å². The number of hydrogen-bond acceptors (Lipinski definition) is 3. The van der Waals surface area contributed by atoms with E-state index in [1.807, 2.05) is 19.9 Å². The molecule has 0 amide bonds. The lowest BCUT2D eigenvalue weighted by atomic mass is 10.3. The van der Waals surface area contributed by atoms with Crippen molar-refractivity contribution in [3.63, 3.8) is 0 Å². The van der Waals surface area contributed by atoms with E-state index in [0.717, 1.165) is 24.3 Å². The summed E-state index contributed by atoms with van der Waals surface area (Å²) in [6.07, 6.45) is 6.58.